The van der Waals surface area contributed by atoms with Gasteiger partial charge in [0, 0.05) is 28.6 Å². The van der Waals surface area contributed by atoms with Gasteiger partial charge in [0.15, 0.2) is 6.04 Å². The van der Waals surface area contributed by atoms with Gasteiger partial charge < -0.3 is 15.4 Å². The average molecular weight is 367 g/mol. The molecule has 0 unspecified atom stereocenters. The van der Waals surface area contributed by atoms with Crippen molar-refractivity contribution in [1.82, 2.24) is 0 Å². The Kier molecular flexibility index (Phi) is 6.41. The third-order valence-electron chi connectivity index (χ3n) is 4.15. The van der Waals surface area contributed by atoms with Crippen molar-refractivity contribution in [3.8, 4) is 5.75 Å². The average Bonchev–Trinajstić information content (AvgIpc) is 3.19. The Morgan fingerprint density at radius 1 is 1.12 bits per heavy atom. The summed E-state index contributed by atoms with van der Waals surface area (Å²) in [7, 11) is 1.62. The van der Waals surface area contributed by atoms with Crippen molar-refractivity contribution in [3.05, 3.63) is 82.6 Å². The number of rotatable bonds is 8. The van der Waals surface area contributed by atoms with Gasteiger partial charge in [-0.05, 0) is 23.6 Å². The molecule has 3 rings (SSSR count). The molecular formula is C21H23N2O2S+. The fraction of sp³-hybridized carbons (Fsp3) is 0.190. The summed E-state index contributed by atoms with van der Waals surface area (Å²) in [5.41, 5.74) is 1.74. The van der Waals surface area contributed by atoms with Gasteiger partial charge in [0.1, 0.15) is 5.75 Å². The summed E-state index contributed by atoms with van der Waals surface area (Å²) in [5.74, 6) is 0.691. The number of carbonyl (C=O) groups is 1. The molecule has 4 nitrogen and oxygen atoms in total. The SMILES string of the molecule is COc1cccc(NC(=O)[C@H]([NH2+]CCc2cccs2)c2ccccc2)c1. The second-order valence-electron chi connectivity index (χ2n) is 5.96. The molecule has 0 aliphatic heterocycles. The number of anilines is 1. The molecule has 1 aromatic heterocycles. The molecule has 0 saturated carbocycles. The summed E-state index contributed by atoms with van der Waals surface area (Å²) < 4.78 is 5.23. The number of carbonyl (C=O) groups excluding carboxylic acids is 1. The standard InChI is InChI=1S/C21H22N2O2S/c1-25-18-10-5-9-17(15-18)23-21(24)20(16-7-3-2-4-8-16)22-13-12-19-11-6-14-26-19/h2-11,14-15,20,22H,12-13H2,1H3,(H,23,24)/p+1/t20-/m1/s1. The number of hydrogen-bond acceptors (Lipinski definition) is 3. The van der Waals surface area contributed by atoms with Crippen molar-refractivity contribution in [2.45, 2.75) is 12.5 Å². The van der Waals surface area contributed by atoms with Crippen LogP contribution in [0.25, 0.3) is 0 Å². The van der Waals surface area contributed by atoms with Gasteiger partial charge in [-0.1, -0.05) is 42.5 Å². The van der Waals surface area contributed by atoms with Crippen LogP contribution in [0.15, 0.2) is 72.1 Å². The largest absolute Gasteiger partial charge is 0.497 e. The molecule has 1 amide bonds. The second kappa shape index (κ2) is 9.17. The van der Waals surface area contributed by atoms with Crippen molar-refractivity contribution < 1.29 is 14.8 Å². The number of nitrogens with one attached hydrogen (secondary N) is 1. The van der Waals surface area contributed by atoms with E-state index >= 15 is 0 Å². The summed E-state index contributed by atoms with van der Waals surface area (Å²) in [5, 5.41) is 7.20. The zero-order chi connectivity index (χ0) is 18.2. The van der Waals surface area contributed by atoms with Gasteiger partial charge in [0.25, 0.3) is 5.91 Å². The lowest BCUT2D eigenvalue weighted by Gasteiger charge is -2.16. The first kappa shape index (κ1) is 18.2. The predicted molar refractivity (Wildman–Crippen MR) is 106 cm³/mol. The lowest BCUT2D eigenvalue weighted by atomic mass is 10.1. The molecule has 26 heavy (non-hydrogen) atoms. The molecule has 0 aliphatic rings. The van der Waals surface area contributed by atoms with E-state index in [0.717, 1.165) is 30.0 Å². The number of hydrogen-bond donors (Lipinski definition) is 2. The molecule has 0 spiro atoms. The van der Waals surface area contributed by atoms with Crippen LogP contribution >= 0.6 is 11.3 Å². The Labute approximate surface area is 157 Å². The van der Waals surface area contributed by atoms with E-state index in [1.165, 1.54) is 4.88 Å². The molecule has 0 bridgehead atoms. The van der Waals surface area contributed by atoms with Crippen molar-refractivity contribution in [3.63, 3.8) is 0 Å². The van der Waals surface area contributed by atoms with E-state index < -0.39 is 0 Å². The van der Waals surface area contributed by atoms with Crippen LogP contribution in [-0.4, -0.2) is 19.6 Å². The monoisotopic (exact) mass is 367 g/mol. The zero-order valence-electron chi connectivity index (χ0n) is 14.7. The van der Waals surface area contributed by atoms with Crippen LogP contribution in [0.1, 0.15) is 16.5 Å². The van der Waals surface area contributed by atoms with Crippen LogP contribution in [0.2, 0.25) is 0 Å². The van der Waals surface area contributed by atoms with E-state index in [2.05, 4.69) is 28.1 Å². The normalized spacial score (nSPS) is 11.7. The van der Waals surface area contributed by atoms with E-state index in [-0.39, 0.29) is 11.9 Å². The summed E-state index contributed by atoms with van der Waals surface area (Å²) in [6.07, 6.45) is 0.952. The Morgan fingerprint density at radius 2 is 1.96 bits per heavy atom. The molecule has 3 N–H and O–H groups in total. The number of quaternary nitrogens is 1. The van der Waals surface area contributed by atoms with E-state index in [1.807, 2.05) is 54.6 Å². The fourth-order valence-corrected chi connectivity index (χ4v) is 3.55. The Morgan fingerprint density at radius 3 is 2.69 bits per heavy atom. The molecule has 134 valence electrons. The molecule has 0 fully saturated rings. The molecule has 0 saturated heterocycles. The minimum absolute atomic E-state index is 0.0318. The Hall–Kier alpha value is -2.63. The predicted octanol–water partition coefficient (Wildman–Crippen LogP) is 3.24. The molecular weight excluding hydrogens is 344 g/mol. The molecule has 5 heteroatoms. The van der Waals surface area contributed by atoms with Crippen LogP contribution < -0.4 is 15.4 Å². The number of ether oxygens (including phenoxy) is 1. The molecule has 3 aromatic rings. The summed E-state index contributed by atoms with van der Waals surface area (Å²) in [6, 6.07) is 21.2. The Balaban J connectivity index is 1.70. The topological polar surface area (TPSA) is 54.9 Å². The third-order valence-corrected chi connectivity index (χ3v) is 5.09. The molecule has 1 heterocycles. The number of benzene rings is 2. The van der Waals surface area contributed by atoms with Crippen LogP contribution in [0, 0.1) is 0 Å². The lowest BCUT2D eigenvalue weighted by Crippen LogP contribution is -2.87. The molecule has 0 aliphatic carbocycles. The van der Waals surface area contributed by atoms with Gasteiger partial charge in [0.05, 0.1) is 13.7 Å². The molecule has 1 atom stereocenters. The van der Waals surface area contributed by atoms with E-state index in [0.29, 0.717) is 0 Å². The second-order valence-corrected chi connectivity index (χ2v) is 7.00. The van der Waals surface area contributed by atoms with Crippen molar-refractivity contribution in [2.24, 2.45) is 0 Å². The lowest BCUT2D eigenvalue weighted by molar-refractivity contribution is -0.682. The highest BCUT2D eigenvalue weighted by Gasteiger charge is 2.24. The highest BCUT2D eigenvalue weighted by atomic mass is 32.1. The highest BCUT2D eigenvalue weighted by molar-refractivity contribution is 7.09. The summed E-state index contributed by atoms with van der Waals surface area (Å²) in [6.45, 7) is 0.853. The van der Waals surface area contributed by atoms with Crippen LogP contribution in [0.5, 0.6) is 5.75 Å². The number of methoxy groups -OCH3 is 1. The summed E-state index contributed by atoms with van der Waals surface area (Å²) in [4.78, 5) is 14.3. The minimum atomic E-state index is -0.289. The molecule has 2 aromatic carbocycles. The molecule has 0 radical (unpaired) electrons. The fourth-order valence-electron chi connectivity index (χ4n) is 2.82. The first-order valence-corrected chi connectivity index (χ1v) is 9.50. The summed E-state index contributed by atoms with van der Waals surface area (Å²) >= 11 is 1.75. The Bertz CT molecular complexity index is 819. The van der Waals surface area contributed by atoms with Crippen LogP contribution in [-0.2, 0) is 11.2 Å². The van der Waals surface area contributed by atoms with Gasteiger partial charge in [0.2, 0.25) is 0 Å². The van der Waals surface area contributed by atoms with Crippen molar-refractivity contribution in [2.75, 3.05) is 19.0 Å². The van der Waals surface area contributed by atoms with Crippen LogP contribution in [0.4, 0.5) is 5.69 Å². The van der Waals surface area contributed by atoms with Crippen molar-refractivity contribution in [1.29, 1.82) is 0 Å². The van der Waals surface area contributed by atoms with E-state index in [4.69, 9.17) is 4.74 Å². The third kappa shape index (κ3) is 4.94. The smallest absolute Gasteiger partial charge is 0.287 e. The van der Waals surface area contributed by atoms with Gasteiger partial charge in [-0.3, -0.25) is 4.79 Å². The van der Waals surface area contributed by atoms with Gasteiger partial charge in [-0.15, -0.1) is 11.3 Å². The maximum atomic E-state index is 12.9. The first-order valence-electron chi connectivity index (χ1n) is 8.62. The van der Waals surface area contributed by atoms with Gasteiger partial charge in [-0.2, -0.15) is 0 Å². The number of thiophene rings is 1. The van der Waals surface area contributed by atoms with Gasteiger partial charge >= 0.3 is 0 Å². The van der Waals surface area contributed by atoms with Crippen LogP contribution in [0.3, 0.4) is 0 Å². The number of amides is 1. The first-order chi connectivity index (χ1) is 12.8. The quantitative estimate of drug-likeness (QED) is 0.642. The number of nitrogens with two attached hydrogens (primary N) is 1. The van der Waals surface area contributed by atoms with E-state index in [9.17, 15) is 4.79 Å². The van der Waals surface area contributed by atoms with E-state index in [1.54, 1.807) is 18.4 Å². The minimum Gasteiger partial charge on any atom is -0.497 e. The maximum absolute atomic E-state index is 12.9. The highest BCUT2D eigenvalue weighted by Crippen LogP contribution is 2.18. The van der Waals surface area contributed by atoms with Crippen molar-refractivity contribution >= 4 is 22.9 Å². The zero-order valence-corrected chi connectivity index (χ0v) is 15.5. The maximum Gasteiger partial charge on any atom is 0.287 e. The van der Waals surface area contributed by atoms with Gasteiger partial charge in [-0.25, -0.2) is 0 Å².